The number of benzene rings is 1. The highest BCUT2D eigenvalue weighted by atomic mass is 35.5. The van der Waals surface area contributed by atoms with Gasteiger partial charge in [-0.3, -0.25) is 4.79 Å². The summed E-state index contributed by atoms with van der Waals surface area (Å²) in [6.45, 7) is 8.20. The summed E-state index contributed by atoms with van der Waals surface area (Å²) < 4.78 is 5.47. The first-order valence-electron chi connectivity index (χ1n) is 6.03. The number of halogens is 1. The van der Waals surface area contributed by atoms with E-state index in [0.717, 1.165) is 0 Å². The molecule has 0 aliphatic rings. The number of para-hydroxylation sites is 1. The SMILES string of the molecule is CCOc1ccccc1C(Cl)C(=O)NC(C)(C)C. The molecule has 1 rings (SSSR count). The van der Waals surface area contributed by atoms with Gasteiger partial charge in [0.1, 0.15) is 11.1 Å². The third-order valence-corrected chi connectivity index (χ3v) is 2.65. The van der Waals surface area contributed by atoms with E-state index in [0.29, 0.717) is 17.9 Å². The largest absolute Gasteiger partial charge is 0.494 e. The van der Waals surface area contributed by atoms with E-state index >= 15 is 0 Å². The molecule has 1 unspecified atom stereocenters. The van der Waals surface area contributed by atoms with Gasteiger partial charge in [0, 0.05) is 11.1 Å². The van der Waals surface area contributed by atoms with Crippen molar-refractivity contribution in [1.29, 1.82) is 0 Å². The molecule has 1 aromatic carbocycles. The Balaban J connectivity index is 2.89. The Kier molecular flexibility index (Phi) is 5.03. The summed E-state index contributed by atoms with van der Waals surface area (Å²) in [7, 11) is 0. The van der Waals surface area contributed by atoms with Crippen LogP contribution in [0.25, 0.3) is 0 Å². The van der Waals surface area contributed by atoms with E-state index in [9.17, 15) is 4.79 Å². The Morgan fingerprint density at radius 3 is 2.56 bits per heavy atom. The number of nitrogens with one attached hydrogen (secondary N) is 1. The minimum Gasteiger partial charge on any atom is -0.494 e. The van der Waals surface area contributed by atoms with Gasteiger partial charge in [-0.25, -0.2) is 0 Å². The molecular formula is C14H20ClNO2. The Morgan fingerprint density at radius 2 is 2.00 bits per heavy atom. The second-order valence-electron chi connectivity index (χ2n) is 5.07. The average Bonchev–Trinajstić information content (AvgIpc) is 2.27. The van der Waals surface area contributed by atoms with Gasteiger partial charge in [0.25, 0.3) is 0 Å². The lowest BCUT2D eigenvalue weighted by Crippen LogP contribution is -2.42. The van der Waals surface area contributed by atoms with Gasteiger partial charge in [-0.05, 0) is 33.8 Å². The second kappa shape index (κ2) is 6.10. The van der Waals surface area contributed by atoms with Crippen LogP contribution >= 0.6 is 11.6 Å². The first kappa shape index (κ1) is 14.8. The van der Waals surface area contributed by atoms with E-state index in [1.165, 1.54) is 0 Å². The molecule has 100 valence electrons. The predicted octanol–water partition coefficient (Wildman–Crippen LogP) is 3.28. The fraction of sp³-hybridized carbons (Fsp3) is 0.500. The molecule has 0 aliphatic carbocycles. The molecule has 1 atom stereocenters. The highest BCUT2D eigenvalue weighted by Crippen LogP contribution is 2.30. The van der Waals surface area contributed by atoms with Crippen molar-refractivity contribution >= 4 is 17.5 Å². The molecule has 3 nitrogen and oxygen atoms in total. The molecule has 0 fully saturated rings. The van der Waals surface area contributed by atoms with Crippen molar-refractivity contribution in [3.05, 3.63) is 29.8 Å². The van der Waals surface area contributed by atoms with Crippen LogP contribution in [0.2, 0.25) is 0 Å². The molecule has 1 N–H and O–H groups in total. The molecule has 0 heterocycles. The van der Waals surface area contributed by atoms with E-state index in [2.05, 4.69) is 5.32 Å². The van der Waals surface area contributed by atoms with Gasteiger partial charge in [0.15, 0.2) is 0 Å². The van der Waals surface area contributed by atoms with Crippen LogP contribution < -0.4 is 10.1 Å². The number of carbonyl (C=O) groups is 1. The van der Waals surface area contributed by atoms with Gasteiger partial charge in [-0.1, -0.05) is 18.2 Å². The van der Waals surface area contributed by atoms with Gasteiger partial charge in [-0.15, -0.1) is 11.6 Å². The van der Waals surface area contributed by atoms with Crippen LogP contribution in [0.5, 0.6) is 5.75 Å². The first-order valence-corrected chi connectivity index (χ1v) is 6.46. The van der Waals surface area contributed by atoms with E-state index in [-0.39, 0.29) is 11.4 Å². The number of hydrogen-bond acceptors (Lipinski definition) is 2. The van der Waals surface area contributed by atoms with Crippen molar-refractivity contribution in [3.63, 3.8) is 0 Å². The zero-order valence-corrected chi connectivity index (χ0v) is 12.0. The fourth-order valence-corrected chi connectivity index (χ4v) is 1.79. The van der Waals surface area contributed by atoms with Gasteiger partial charge in [-0.2, -0.15) is 0 Å². The van der Waals surface area contributed by atoms with Crippen molar-refractivity contribution in [2.45, 2.75) is 38.6 Å². The van der Waals surface area contributed by atoms with Crippen molar-refractivity contribution in [2.24, 2.45) is 0 Å². The molecule has 0 saturated heterocycles. The first-order chi connectivity index (χ1) is 8.35. The molecule has 4 heteroatoms. The number of alkyl halides is 1. The monoisotopic (exact) mass is 269 g/mol. The zero-order chi connectivity index (χ0) is 13.8. The van der Waals surface area contributed by atoms with Gasteiger partial charge < -0.3 is 10.1 Å². The maximum absolute atomic E-state index is 12.0. The Hall–Kier alpha value is -1.22. The molecule has 0 spiro atoms. The van der Waals surface area contributed by atoms with Crippen LogP contribution in [0.4, 0.5) is 0 Å². The topological polar surface area (TPSA) is 38.3 Å². The van der Waals surface area contributed by atoms with E-state index in [1.54, 1.807) is 0 Å². The van der Waals surface area contributed by atoms with Crippen LogP contribution in [0, 0.1) is 0 Å². The predicted molar refractivity (Wildman–Crippen MR) is 74.1 cm³/mol. The van der Waals surface area contributed by atoms with Crippen molar-refractivity contribution in [3.8, 4) is 5.75 Å². The van der Waals surface area contributed by atoms with E-state index in [4.69, 9.17) is 16.3 Å². The lowest BCUT2D eigenvalue weighted by molar-refractivity contribution is -0.122. The molecule has 0 saturated carbocycles. The number of hydrogen-bond donors (Lipinski definition) is 1. The molecule has 0 bridgehead atoms. The second-order valence-corrected chi connectivity index (χ2v) is 5.51. The normalized spacial score (nSPS) is 12.9. The van der Waals surface area contributed by atoms with Crippen LogP contribution in [0.3, 0.4) is 0 Å². The van der Waals surface area contributed by atoms with E-state index < -0.39 is 5.38 Å². The minimum absolute atomic E-state index is 0.212. The summed E-state index contributed by atoms with van der Waals surface area (Å²) >= 11 is 6.21. The fourth-order valence-electron chi connectivity index (χ4n) is 1.55. The van der Waals surface area contributed by atoms with Gasteiger partial charge in [0.05, 0.1) is 6.61 Å². The minimum atomic E-state index is -0.744. The average molecular weight is 270 g/mol. The van der Waals surface area contributed by atoms with Crippen LogP contribution in [-0.2, 0) is 4.79 Å². The van der Waals surface area contributed by atoms with Crippen molar-refractivity contribution in [1.82, 2.24) is 5.32 Å². The van der Waals surface area contributed by atoms with Crippen molar-refractivity contribution < 1.29 is 9.53 Å². The third kappa shape index (κ3) is 4.22. The summed E-state index contributed by atoms with van der Waals surface area (Å²) in [6.07, 6.45) is 0. The number of rotatable bonds is 4. The highest BCUT2D eigenvalue weighted by molar-refractivity contribution is 6.31. The standard InChI is InChI=1S/C14H20ClNO2/c1-5-18-11-9-7-6-8-10(11)12(15)13(17)16-14(2,3)4/h6-9,12H,5H2,1-4H3,(H,16,17). The smallest absolute Gasteiger partial charge is 0.243 e. The van der Waals surface area contributed by atoms with Crippen molar-refractivity contribution in [2.75, 3.05) is 6.61 Å². The molecule has 0 aliphatic heterocycles. The lowest BCUT2D eigenvalue weighted by atomic mass is 10.1. The van der Waals surface area contributed by atoms with Gasteiger partial charge in [0.2, 0.25) is 5.91 Å². The highest BCUT2D eigenvalue weighted by Gasteiger charge is 2.24. The number of carbonyl (C=O) groups excluding carboxylic acids is 1. The molecule has 1 aromatic rings. The maximum Gasteiger partial charge on any atom is 0.243 e. The summed E-state index contributed by atoms with van der Waals surface area (Å²) in [6, 6.07) is 7.33. The Bertz CT molecular complexity index is 413. The van der Waals surface area contributed by atoms with Gasteiger partial charge >= 0.3 is 0 Å². The Morgan fingerprint density at radius 1 is 1.39 bits per heavy atom. The molecule has 0 aromatic heterocycles. The molecule has 0 radical (unpaired) electrons. The summed E-state index contributed by atoms with van der Waals surface area (Å²) in [5.41, 5.74) is 0.396. The molecule has 1 amide bonds. The third-order valence-electron chi connectivity index (χ3n) is 2.22. The summed E-state index contributed by atoms with van der Waals surface area (Å²) in [5.74, 6) is 0.445. The summed E-state index contributed by atoms with van der Waals surface area (Å²) in [4.78, 5) is 12.0. The quantitative estimate of drug-likeness (QED) is 0.852. The zero-order valence-electron chi connectivity index (χ0n) is 11.3. The number of ether oxygens (including phenoxy) is 1. The van der Waals surface area contributed by atoms with E-state index in [1.807, 2.05) is 52.0 Å². The molecule has 18 heavy (non-hydrogen) atoms. The van der Waals surface area contributed by atoms with Crippen LogP contribution in [0.1, 0.15) is 38.6 Å². The maximum atomic E-state index is 12.0. The van der Waals surface area contributed by atoms with Crippen LogP contribution in [0.15, 0.2) is 24.3 Å². The lowest BCUT2D eigenvalue weighted by Gasteiger charge is -2.23. The summed E-state index contributed by atoms with van der Waals surface area (Å²) in [5, 5.41) is 2.12. The molecular weight excluding hydrogens is 250 g/mol. The Labute approximate surface area is 113 Å². The van der Waals surface area contributed by atoms with Crippen LogP contribution in [-0.4, -0.2) is 18.1 Å². The number of amides is 1.